The molecule has 0 aromatic heterocycles. The number of ether oxygens (including phenoxy) is 1. The van der Waals surface area contributed by atoms with Crippen LogP contribution in [-0.2, 0) is 16.0 Å². The topological polar surface area (TPSA) is 43.4 Å². The van der Waals surface area contributed by atoms with Crippen LogP contribution in [0.5, 0.6) is 0 Å². The minimum absolute atomic E-state index is 0.0837. The first-order valence-electron chi connectivity index (χ1n) is 5.92. The van der Waals surface area contributed by atoms with E-state index in [1.165, 1.54) is 18.2 Å². The molecule has 112 valence electrons. The highest BCUT2D eigenvalue weighted by Crippen LogP contribution is 2.49. The molecule has 0 saturated carbocycles. The van der Waals surface area contributed by atoms with Crippen LogP contribution in [0.4, 0.5) is 13.2 Å². The second-order valence-electron chi connectivity index (χ2n) is 4.60. The number of carbonyl (C=O) groups excluding carboxylic acids is 2. The molecule has 0 amide bonds. The lowest BCUT2D eigenvalue weighted by atomic mass is 9.83. The van der Waals surface area contributed by atoms with E-state index in [9.17, 15) is 22.8 Å². The smallest absolute Gasteiger partial charge is 0.412 e. The second-order valence-corrected chi connectivity index (χ2v) is 5.03. The predicted molar refractivity (Wildman–Crippen MR) is 69.1 cm³/mol. The molecule has 0 bridgehead atoms. The molecular weight excluding hydrogens is 309 g/mol. The van der Waals surface area contributed by atoms with Crippen molar-refractivity contribution >= 4 is 23.4 Å². The summed E-state index contributed by atoms with van der Waals surface area (Å²) in [6.45, 7) is 2.85. The summed E-state index contributed by atoms with van der Waals surface area (Å²) in [6.07, 6.45) is -4.74. The van der Waals surface area contributed by atoms with Crippen molar-refractivity contribution in [3.63, 3.8) is 0 Å². The number of rotatable bonds is 3. The lowest BCUT2D eigenvalue weighted by Crippen LogP contribution is -2.50. The van der Waals surface area contributed by atoms with Gasteiger partial charge in [0.15, 0.2) is 5.78 Å². The molecule has 1 aliphatic carbocycles. The fraction of sp³-hybridized carbons (Fsp3) is 0.286. The number of ketones is 1. The van der Waals surface area contributed by atoms with Crippen molar-refractivity contribution < 1.29 is 27.5 Å². The van der Waals surface area contributed by atoms with E-state index >= 15 is 0 Å². The molecule has 0 aliphatic heterocycles. The normalized spacial score (nSPS) is 21.0. The maximum atomic E-state index is 13.4. The molecule has 2 rings (SSSR count). The first kappa shape index (κ1) is 15.6. The first-order chi connectivity index (χ1) is 9.74. The van der Waals surface area contributed by atoms with Crippen molar-refractivity contribution in [1.82, 2.24) is 0 Å². The van der Waals surface area contributed by atoms with Crippen LogP contribution in [0, 0.1) is 5.41 Å². The Bertz CT molecular complexity index is 624. The Morgan fingerprint density at radius 3 is 2.71 bits per heavy atom. The van der Waals surface area contributed by atoms with Gasteiger partial charge in [-0.05, 0) is 23.8 Å². The van der Waals surface area contributed by atoms with Crippen LogP contribution in [-0.4, -0.2) is 24.5 Å². The molecule has 0 N–H and O–H groups in total. The third kappa shape index (κ3) is 2.33. The van der Waals surface area contributed by atoms with Crippen molar-refractivity contribution in [2.24, 2.45) is 5.41 Å². The lowest BCUT2D eigenvalue weighted by molar-refractivity contribution is -0.216. The van der Waals surface area contributed by atoms with Crippen molar-refractivity contribution in [3.05, 3.63) is 47.0 Å². The SMILES string of the molecule is C=CCOC(=O)C1(C(F)(F)F)Cc2cc(Cl)ccc2C1=O. The monoisotopic (exact) mass is 318 g/mol. The van der Waals surface area contributed by atoms with E-state index in [4.69, 9.17) is 11.6 Å². The standard InChI is InChI=1S/C14H10ClF3O3/c1-2-5-21-12(20)13(14(16,17)18)7-8-6-9(15)3-4-10(8)11(13)19/h2-4,6H,1,5,7H2. The molecule has 1 aromatic carbocycles. The third-order valence-electron chi connectivity index (χ3n) is 3.32. The van der Waals surface area contributed by atoms with Gasteiger partial charge in [-0.3, -0.25) is 9.59 Å². The first-order valence-corrected chi connectivity index (χ1v) is 6.30. The predicted octanol–water partition coefficient (Wildman–Crippen LogP) is 3.36. The van der Waals surface area contributed by atoms with Crippen LogP contribution in [0.2, 0.25) is 5.02 Å². The van der Waals surface area contributed by atoms with Gasteiger partial charge in [-0.1, -0.05) is 24.3 Å². The summed E-state index contributed by atoms with van der Waals surface area (Å²) in [7, 11) is 0. The van der Waals surface area contributed by atoms with E-state index in [2.05, 4.69) is 11.3 Å². The summed E-state index contributed by atoms with van der Waals surface area (Å²) in [5, 5.41) is 0.194. The molecular formula is C14H10ClF3O3. The number of esters is 1. The Morgan fingerprint density at radius 2 is 2.14 bits per heavy atom. The minimum atomic E-state index is -5.06. The molecule has 0 spiro atoms. The van der Waals surface area contributed by atoms with E-state index in [0.717, 1.165) is 6.08 Å². The van der Waals surface area contributed by atoms with E-state index in [1.807, 2.05) is 0 Å². The Hall–Kier alpha value is -1.82. The maximum Gasteiger partial charge on any atom is 0.412 e. The lowest BCUT2D eigenvalue weighted by Gasteiger charge is -2.27. The Labute approximate surface area is 123 Å². The van der Waals surface area contributed by atoms with Crippen molar-refractivity contribution in [3.8, 4) is 0 Å². The number of benzene rings is 1. The zero-order chi connectivity index (χ0) is 15.8. The summed E-state index contributed by atoms with van der Waals surface area (Å²) >= 11 is 5.72. The molecule has 0 heterocycles. The highest BCUT2D eigenvalue weighted by Gasteiger charge is 2.69. The molecule has 3 nitrogen and oxygen atoms in total. The molecule has 21 heavy (non-hydrogen) atoms. The number of halogens is 4. The average molecular weight is 319 g/mol. The molecule has 1 aliphatic rings. The quantitative estimate of drug-likeness (QED) is 0.487. The summed E-state index contributed by atoms with van der Waals surface area (Å²) in [5.41, 5.74) is -3.28. The molecule has 0 fully saturated rings. The Kier molecular flexibility index (Phi) is 3.84. The van der Waals surface area contributed by atoms with E-state index in [1.54, 1.807) is 0 Å². The van der Waals surface area contributed by atoms with E-state index < -0.39 is 36.4 Å². The van der Waals surface area contributed by atoms with Crippen molar-refractivity contribution in [2.75, 3.05) is 6.61 Å². The van der Waals surface area contributed by atoms with Crippen molar-refractivity contribution in [2.45, 2.75) is 12.6 Å². The van der Waals surface area contributed by atoms with Crippen molar-refractivity contribution in [1.29, 1.82) is 0 Å². The summed E-state index contributed by atoms with van der Waals surface area (Å²) in [6, 6.07) is 3.75. The zero-order valence-electron chi connectivity index (χ0n) is 10.7. The minimum Gasteiger partial charge on any atom is -0.460 e. The summed E-state index contributed by atoms with van der Waals surface area (Å²) < 4.78 is 44.8. The van der Waals surface area contributed by atoms with Gasteiger partial charge in [0.05, 0.1) is 0 Å². The fourth-order valence-corrected chi connectivity index (χ4v) is 2.49. The van der Waals surface area contributed by atoms with Crippen LogP contribution in [0.15, 0.2) is 30.9 Å². The van der Waals surface area contributed by atoms with Gasteiger partial charge >= 0.3 is 12.1 Å². The van der Waals surface area contributed by atoms with Gasteiger partial charge in [-0.25, -0.2) is 0 Å². The number of fused-ring (bicyclic) bond motifs is 1. The number of Topliss-reactive ketones (excluding diaryl/α,β-unsaturated/α-hetero) is 1. The number of hydrogen-bond acceptors (Lipinski definition) is 3. The number of hydrogen-bond donors (Lipinski definition) is 0. The van der Waals surface area contributed by atoms with Gasteiger partial charge in [0.1, 0.15) is 6.61 Å². The number of alkyl halides is 3. The molecule has 7 heteroatoms. The molecule has 1 aromatic rings. The largest absolute Gasteiger partial charge is 0.460 e. The Balaban J connectivity index is 2.53. The van der Waals surface area contributed by atoms with Gasteiger partial charge in [-0.2, -0.15) is 13.2 Å². The summed E-state index contributed by atoms with van der Waals surface area (Å²) in [5.74, 6) is -2.93. The molecule has 0 radical (unpaired) electrons. The van der Waals surface area contributed by atoms with Gasteiger partial charge < -0.3 is 4.74 Å². The van der Waals surface area contributed by atoms with Gasteiger partial charge in [0, 0.05) is 17.0 Å². The van der Waals surface area contributed by atoms with Gasteiger partial charge in [-0.15, -0.1) is 0 Å². The van der Waals surface area contributed by atoms with Crippen LogP contribution < -0.4 is 0 Å². The maximum absolute atomic E-state index is 13.4. The molecule has 1 unspecified atom stereocenters. The highest BCUT2D eigenvalue weighted by atomic mass is 35.5. The fourth-order valence-electron chi connectivity index (χ4n) is 2.29. The van der Waals surface area contributed by atoms with Crippen LogP contribution in [0.3, 0.4) is 0 Å². The van der Waals surface area contributed by atoms with Crippen LogP contribution >= 0.6 is 11.6 Å². The number of carbonyl (C=O) groups is 2. The zero-order valence-corrected chi connectivity index (χ0v) is 11.4. The van der Waals surface area contributed by atoms with E-state index in [-0.39, 0.29) is 16.1 Å². The van der Waals surface area contributed by atoms with Gasteiger partial charge in [0.25, 0.3) is 0 Å². The molecule has 0 saturated heterocycles. The van der Waals surface area contributed by atoms with Crippen LogP contribution in [0.25, 0.3) is 0 Å². The highest BCUT2D eigenvalue weighted by molar-refractivity contribution is 6.31. The van der Waals surface area contributed by atoms with Gasteiger partial charge in [0.2, 0.25) is 5.41 Å². The second kappa shape index (κ2) is 5.18. The third-order valence-corrected chi connectivity index (χ3v) is 3.55. The average Bonchev–Trinajstić information content (AvgIpc) is 2.69. The summed E-state index contributed by atoms with van der Waals surface area (Å²) in [4.78, 5) is 24.1. The van der Waals surface area contributed by atoms with E-state index in [0.29, 0.717) is 0 Å². The Morgan fingerprint density at radius 1 is 1.48 bits per heavy atom. The molecule has 1 atom stereocenters. The van der Waals surface area contributed by atoms with Crippen LogP contribution in [0.1, 0.15) is 15.9 Å².